The molecule has 4 rings (SSSR count). The van der Waals surface area contributed by atoms with E-state index in [2.05, 4.69) is 18.2 Å². The molecule has 2 aliphatic rings. The molecule has 26 heavy (non-hydrogen) atoms. The van der Waals surface area contributed by atoms with Gasteiger partial charge in [0.1, 0.15) is 11.9 Å². The largest absolute Gasteiger partial charge is 0.496 e. The van der Waals surface area contributed by atoms with Gasteiger partial charge in [-0.2, -0.15) is 5.26 Å². The lowest BCUT2D eigenvalue weighted by molar-refractivity contribution is 0.00578. The Kier molecular flexibility index (Phi) is 3.87. The Morgan fingerprint density at radius 2 is 1.65 bits per heavy atom. The number of benzene rings is 2. The highest BCUT2D eigenvalue weighted by atomic mass is 16.7. The first kappa shape index (κ1) is 17.1. The minimum atomic E-state index is -0.567. The fraction of sp³-hybridized carbons (Fsp3) is 0.381. The van der Waals surface area contributed by atoms with Crippen LogP contribution in [0.4, 0.5) is 0 Å². The van der Waals surface area contributed by atoms with E-state index in [0.29, 0.717) is 12.0 Å². The summed E-state index contributed by atoms with van der Waals surface area (Å²) < 4.78 is 18.6. The lowest BCUT2D eigenvalue weighted by atomic mass is 9.72. The molecule has 1 atom stereocenters. The van der Waals surface area contributed by atoms with E-state index >= 15 is 0 Å². The quantitative estimate of drug-likeness (QED) is 0.780. The second-order valence-corrected chi connectivity index (χ2v) is 7.92. The average molecular weight is 347 g/mol. The van der Waals surface area contributed by atoms with Gasteiger partial charge in [-0.3, -0.25) is 0 Å². The molecular weight excluding hydrogens is 325 g/mol. The molecule has 0 spiro atoms. The Labute approximate surface area is 154 Å². The van der Waals surface area contributed by atoms with Crippen molar-refractivity contribution in [1.82, 2.24) is 0 Å². The van der Waals surface area contributed by atoms with Crippen molar-refractivity contribution >= 4 is 12.6 Å². The van der Waals surface area contributed by atoms with Crippen LogP contribution < -0.4 is 10.2 Å². The van der Waals surface area contributed by atoms with Crippen LogP contribution in [-0.4, -0.2) is 18.3 Å². The summed E-state index contributed by atoms with van der Waals surface area (Å²) in [6, 6.07) is 16.1. The van der Waals surface area contributed by atoms with Gasteiger partial charge < -0.3 is 14.0 Å². The number of ether oxygens (including phenoxy) is 1. The van der Waals surface area contributed by atoms with Crippen molar-refractivity contribution in [2.24, 2.45) is 0 Å². The highest BCUT2D eigenvalue weighted by Crippen LogP contribution is 2.40. The zero-order chi connectivity index (χ0) is 18.5. The van der Waals surface area contributed by atoms with Crippen molar-refractivity contribution in [3.63, 3.8) is 0 Å². The van der Waals surface area contributed by atoms with Crippen LogP contribution in [0, 0.1) is 11.3 Å². The van der Waals surface area contributed by atoms with E-state index in [-0.39, 0.29) is 6.10 Å². The lowest BCUT2D eigenvalue weighted by Gasteiger charge is -2.32. The molecule has 2 aromatic carbocycles. The van der Waals surface area contributed by atoms with Crippen LogP contribution in [0.2, 0.25) is 0 Å². The van der Waals surface area contributed by atoms with Crippen LogP contribution in [0.5, 0.6) is 5.75 Å². The molecule has 2 heterocycles. The maximum Gasteiger partial charge on any atom is 0.496 e. The summed E-state index contributed by atoms with van der Waals surface area (Å²) in [6.45, 7) is 8.08. The molecule has 0 aliphatic carbocycles. The van der Waals surface area contributed by atoms with Crippen molar-refractivity contribution in [2.75, 3.05) is 0 Å². The molecule has 0 N–H and O–H groups in total. The smallest absolute Gasteiger partial charge is 0.485 e. The number of rotatable bonds is 2. The van der Waals surface area contributed by atoms with E-state index in [1.165, 1.54) is 0 Å². The van der Waals surface area contributed by atoms with Crippen LogP contribution in [0.1, 0.15) is 50.5 Å². The molecule has 1 saturated heterocycles. The number of nitriles is 1. The molecule has 5 heteroatoms. The van der Waals surface area contributed by atoms with Crippen molar-refractivity contribution in [1.29, 1.82) is 5.26 Å². The minimum absolute atomic E-state index is 0.0543. The van der Waals surface area contributed by atoms with Gasteiger partial charge in [-0.15, -0.1) is 0 Å². The van der Waals surface area contributed by atoms with E-state index in [1.807, 2.05) is 52.0 Å². The summed E-state index contributed by atoms with van der Waals surface area (Å²) in [6.07, 6.45) is 0.648. The summed E-state index contributed by atoms with van der Waals surface area (Å²) in [5, 5.41) is 9.65. The van der Waals surface area contributed by atoms with Crippen molar-refractivity contribution in [2.45, 2.75) is 51.4 Å². The molecule has 1 fully saturated rings. The molecule has 0 amide bonds. The monoisotopic (exact) mass is 347 g/mol. The second kappa shape index (κ2) is 5.87. The van der Waals surface area contributed by atoms with Gasteiger partial charge in [-0.25, -0.2) is 0 Å². The highest BCUT2D eigenvalue weighted by Gasteiger charge is 2.53. The normalized spacial score (nSPS) is 22.6. The van der Waals surface area contributed by atoms with E-state index in [1.54, 1.807) is 6.07 Å². The number of hydrogen-bond donors (Lipinski definition) is 0. The molecule has 4 nitrogen and oxygen atoms in total. The summed E-state index contributed by atoms with van der Waals surface area (Å²) in [5.74, 6) is 0.808. The Hall–Kier alpha value is -2.29. The minimum Gasteiger partial charge on any atom is -0.485 e. The van der Waals surface area contributed by atoms with E-state index in [4.69, 9.17) is 14.0 Å². The second-order valence-electron chi connectivity index (χ2n) is 7.92. The number of hydrogen-bond acceptors (Lipinski definition) is 4. The summed E-state index contributed by atoms with van der Waals surface area (Å²) in [7, 11) is -0.567. The fourth-order valence-corrected chi connectivity index (χ4v) is 3.53. The van der Waals surface area contributed by atoms with E-state index in [0.717, 1.165) is 22.3 Å². The third kappa shape index (κ3) is 2.61. The van der Waals surface area contributed by atoms with Gasteiger partial charge in [0.05, 0.1) is 22.8 Å². The molecule has 1 unspecified atom stereocenters. The summed E-state index contributed by atoms with van der Waals surface area (Å²) in [4.78, 5) is 0. The van der Waals surface area contributed by atoms with Gasteiger partial charge in [0.25, 0.3) is 0 Å². The Morgan fingerprint density at radius 3 is 2.27 bits per heavy atom. The van der Waals surface area contributed by atoms with Gasteiger partial charge in [-0.05, 0) is 51.0 Å². The molecule has 0 radical (unpaired) electrons. The van der Waals surface area contributed by atoms with Crippen molar-refractivity contribution in [3.05, 3.63) is 59.2 Å². The van der Waals surface area contributed by atoms with E-state index in [9.17, 15) is 5.26 Å². The van der Waals surface area contributed by atoms with Gasteiger partial charge >= 0.3 is 7.12 Å². The third-order valence-electron chi connectivity index (χ3n) is 5.75. The molecule has 2 aliphatic heterocycles. The van der Waals surface area contributed by atoms with Crippen LogP contribution in [0.15, 0.2) is 42.5 Å². The lowest BCUT2D eigenvalue weighted by Crippen LogP contribution is -2.41. The number of fused-ring (bicyclic) bond motifs is 1. The highest BCUT2D eigenvalue weighted by molar-refractivity contribution is 6.63. The van der Waals surface area contributed by atoms with Crippen molar-refractivity contribution < 1.29 is 14.0 Å². The van der Waals surface area contributed by atoms with Gasteiger partial charge in [0.15, 0.2) is 0 Å². The molecule has 0 bridgehead atoms. The van der Waals surface area contributed by atoms with Crippen molar-refractivity contribution in [3.8, 4) is 11.8 Å². The predicted octanol–water partition coefficient (Wildman–Crippen LogP) is 3.53. The maximum atomic E-state index is 9.65. The predicted molar refractivity (Wildman–Crippen MR) is 100 cm³/mol. The van der Waals surface area contributed by atoms with E-state index < -0.39 is 18.3 Å². The molecule has 132 valence electrons. The topological polar surface area (TPSA) is 51.5 Å². The Morgan fingerprint density at radius 1 is 1.00 bits per heavy atom. The summed E-state index contributed by atoms with van der Waals surface area (Å²) in [5.41, 5.74) is 2.62. The SMILES string of the molecule is CC1(C)OB(c2c(C#N)ccc3c2CC(c2ccccc2)O3)OC1(C)C. The van der Waals surface area contributed by atoms with Gasteiger partial charge in [0.2, 0.25) is 0 Å². The molecular formula is C21H22BNO3. The van der Waals surface area contributed by atoms with Crippen LogP contribution in [0.3, 0.4) is 0 Å². The maximum absolute atomic E-state index is 9.65. The zero-order valence-electron chi connectivity index (χ0n) is 15.6. The third-order valence-corrected chi connectivity index (χ3v) is 5.75. The average Bonchev–Trinajstić information content (AvgIpc) is 3.12. The Bertz CT molecular complexity index is 870. The fourth-order valence-electron chi connectivity index (χ4n) is 3.53. The zero-order valence-corrected chi connectivity index (χ0v) is 15.6. The molecule has 2 aromatic rings. The summed E-state index contributed by atoms with van der Waals surface area (Å²) >= 11 is 0. The first-order valence-electron chi connectivity index (χ1n) is 8.95. The molecule has 0 aromatic heterocycles. The Balaban J connectivity index is 1.74. The van der Waals surface area contributed by atoms with Crippen LogP contribution in [0.25, 0.3) is 0 Å². The first-order valence-corrected chi connectivity index (χ1v) is 8.95. The van der Waals surface area contributed by atoms with Crippen LogP contribution >= 0.6 is 0 Å². The standard InChI is InChI=1S/C21H22BNO3/c1-20(2)21(3,4)26-22(25-20)19-15(13-23)10-11-17-16(19)12-18(24-17)14-8-6-5-7-9-14/h5-11,18H,12H2,1-4H3. The van der Waals surface area contributed by atoms with Gasteiger partial charge in [-0.1, -0.05) is 30.3 Å². The van der Waals surface area contributed by atoms with Crippen LogP contribution in [-0.2, 0) is 15.7 Å². The molecule has 0 saturated carbocycles. The first-order chi connectivity index (χ1) is 12.3. The number of nitrogens with zero attached hydrogens (tertiary/aromatic N) is 1. The van der Waals surface area contributed by atoms with Gasteiger partial charge in [0, 0.05) is 11.9 Å².